The molecule has 1 saturated heterocycles. The first-order chi connectivity index (χ1) is 13.3. The van der Waals surface area contributed by atoms with Crippen LogP contribution in [0.25, 0.3) is 0 Å². The normalized spacial score (nSPS) is 18.5. The van der Waals surface area contributed by atoms with E-state index in [4.69, 9.17) is 4.74 Å². The minimum atomic E-state index is 0. The zero-order chi connectivity index (χ0) is 18.5. The number of piperazine rings is 1. The minimum absolute atomic E-state index is 0. The Morgan fingerprint density at radius 3 is 2.34 bits per heavy atom. The van der Waals surface area contributed by atoms with Crippen LogP contribution >= 0.6 is 24.8 Å². The number of nitrogens with zero attached hydrogens (tertiary/aromatic N) is 1. The van der Waals surface area contributed by atoms with Crippen molar-refractivity contribution in [2.45, 2.75) is 38.3 Å². The van der Waals surface area contributed by atoms with E-state index in [-0.39, 0.29) is 24.8 Å². The van der Waals surface area contributed by atoms with Gasteiger partial charge >= 0.3 is 0 Å². The van der Waals surface area contributed by atoms with Crippen LogP contribution in [0.5, 0.6) is 11.5 Å². The summed E-state index contributed by atoms with van der Waals surface area (Å²) in [6.07, 6.45) is 5.15. The molecule has 160 valence electrons. The standard InChI is InChI=1S/C23H30N2O2.2ClH/c26-22-16-20(27-17-18-6-2-1-3-7-18)10-11-21(22)23(19-8-4-5-9-19)25-14-12-24-13-15-25;;/h1-3,6-7,10-11,16,19,23-24,26H,4-5,8-9,12-15,17H2;2*1H/t23-;;/m1../s1. The molecule has 6 heteroatoms. The third-order valence-electron chi connectivity index (χ3n) is 5.96. The summed E-state index contributed by atoms with van der Waals surface area (Å²) in [5, 5.41) is 14.3. The molecule has 1 atom stereocenters. The lowest BCUT2D eigenvalue weighted by atomic mass is 9.89. The molecule has 4 rings (SSSR count). The molecule has 2 N–H and O–H groups in total. The number of phenols is 1. The summed E-state index contributed by atoms with van der Waals surface area (Å²) in [7, 11) is 0. The number of nitrogens with one attached hydrogen (secondary N) is 1. The van der Waals surface area contributed by atoms with E-state index < -0.39 is 0 Å². The lowest BCUT2D eigenvalue weighted by Crippen LogP contribution is -2.46. The van der Waals surface area contributed by atoms with Crippen molar-refractivity contribution in [2.24, 2.45) is 5.92 Å². The van der Waals surface area contributed by atoms with Crippen LogP contribution in [0.2, 0.25) is 0 Å². The van der Waals surface area contributed by atoms with E-state index in [1.807, 2.05) is 24.3 Å². The van der Waals surface area contributed by atoms with Crippen molar-refractivity contribution < 1.29 is 9.84 Å². The summed E-state index contributed by atoms with van der Waals surface area (Å²) in [6.45, 7) is 4.67. The summed E-state index contributed by atoms with van der Waals surface area (Å²) < 4.78 is 5.89. The van der Waals surface area contributed by atoms with Crippen LogP contribution in [-0.2, 0) is 6.61 Å². The molecule has 0 amide bonds. The molecular weight excluding hydrogens is 407 g/mol. The van der Waals surface area contributed by atoms with Crippen molar-refractivity contribution in [3.05, 3.63) is 59.7 Å². The topological polar surface area (TPSA) is 44.7 Å². The van der Waals surface area contributed by atoms with Gasteiger partial charge in [0.05, 0.1) is 0 Å². The van der Waals surface area contributed by atoms with Gasteiger partial charge in [0.2, 0.25) is 0 Å². The van der Waals surface area contributed by atoms with Gasteiger partial charge in [-0.1, -0.05) is 49.2 Å². The molecule has 2 aromatic rings. The number of halogens is 2. The summed E-state index contributed by atoms with van der Waals surface area (Å²) in [5.74, 6) is 1.74. The molecule has 0 aromatic heterocycles. The maximum absolute atomic E-state index is 10.8. The highest BCUT2D eigenvalue weighted by Gasteiger charge is 2.33. The van der Waals surface area contributed by atoms with Crippen molar-refractivity contribution >= 4 is 24.8 Å². The predicted molar refractivity (Wildman–Crippen MR) is 123 cm³/mol. The van der Waals surface area contributed by atoms with Crippen LogP contribution in [-0.4, -0.2) is 36.2 Å². The van der Waals surface area contributed by atoms with Crippen LogP contribution in [0, 0.1) is 5.92 Å². The molecule has 1 heterocycles. The first-order valence-electron chi connectivity index (χ1n) is 10.3. The van der Waals surface area contributed by atoms with Crippen molar-refractivity contribution in [3.8, 4) is 11.5 Å². The average molecular weight is 439 g/mol. The molecule has 4 nitrogen and oxygen atoms in total. The van der Waals surface area contributed by atoms with Gasteiger partial charge in [-0.15, -0.1) is 24.8 Å². The number of rotatable bonds is 6. The van der Waals surface area contributed by atoms with Crippen LogP contribution in [0.4, 0.5) is 0 Å². The molecule has 1 aliphatic carbocycles. The number of hydrogen-bond donors (Lipinski definition) is 2. The molecule has 29 heavy (non-hydrogen) atoms. The number of hydrogen-bond acceptors (Lipinski definition) is 4. The number of aromatic hydroxyl groups is 1. The van der Waals surface area contributed by atoms with Gasteiger partial charge < -0.3 is 15.2 Å². The van der Waals surface area contributed by atoms with E-state index in [1.165, 1.54) is 25.7 Å². The van der Waals surface area contributed by atoms with Crippen LogP contribution in [0.3, 0.4) is 0 Å². The second kappa shape index (κ2) is 11.7. The molecule has 0 bridgehead atoms. The number of ether oxygens (including phenoxy) is 1. The van der Waals surface area contributed by atoms with Crippen LogP contribution in [0.15, 0.2) is 48.5 Å². The molecule has 2 aromatic carbocycles. The molecule has 0 unspecified atom stereocenters. The molecule has 1 aliphatic heterocycles. The lowest BCUT2D eigenvalue weighted by molar-refractivity contribution is 0.123. The van der Waals surface area contributed by atoms with E-state index in [0.717, 1.165) is 43.1 Å². The van der Waals surface area contributed by atoms with Crippen molar-refractivity contribution in [3.63, 3.8) is 0 Å². The Balaban J connectivity index is 0.00000150. The van der Waals surface area contributed by atoms with Gasteiger partial charge in [0, 0.05) is 43.9 Å². The lowest BCUT2D eigenvalue weighted by Gasteiger charge is -2.39. The summed E-state index contributed by atoms with van der Waals surface area (Å²) >= 11 is 0. The molecular formula is C23H32Cl2N2O2. The Morgan fingerprint density at radius 2 is 1.69 bits per heavy atom. The highest BCUT2D eigenvalue weighted by Crippen LogP contribution is 2.43. The fourth-order valence-electron chi connectivity index (χ4n) is 4.59. The average Bonchev–Trinajstić information content (AvgIpc) is 3.24. The van der Waals surface area contributed by atoms with Gasteiger partial charge in [0.15, 0.2) is 0 Å². The summed E-state index contributed by atoms with van der Waals surface area (Å²) in [4.78, 5) is 2.56. The molecule has 0 spiro atoms. The highest BCUT2D eigenvalue weighted by molar-refractivity contribution is 5.85. The molecule has 0 radical (unpaired) electrons. The second-order valence-electron chi connectivity index (χ2n) is 7.77. The third kappa shape index (κ3) is 6.02. The van der Waals surface area contributed by atoms with Gasteiger partial charge in [-0.25, -0.2) is 0 Å². The van der Waals surface area contributed by atoms with Crippen LogP contribution in [0.1, 0.15) is 42.9 Å². The second-order valence-corrected chi connectivity index (χ2v) is 7.77. The fourth-order valence-corrected chi connectivity index (χ4v) is 4.59. The zero-order valence-electron chi connectivity index (χ0n) is 16.8. The third-order valence-corrected chi connectivity index (χ3v) is 5.96. The smallest absolute Gasteiger partial charge is 0.124 e. The van der Waals surface area contributed by atoms with Gasteiger partial charge in [-0.3, -0.25) is 4.90 Å². The van der Waals surface area contributed by atoms with E-state index >= 15 is 0 Å². The fraction of sp³-hybridized carbons (Fsp3) is 0.478. The monoisotopic (exact) mass is 438 g/mol. The molecule has 1 saturated carbocycles. The van der Waals surface area contributed by atoms with Gasteiger partial charge in [-0.2, -0.15) is 0 Å². The van der Waals surface area contributed by atoms with Gasteiger partial charge in [0.1, 0.15) is 18.1 Å². The number of benzene rings is 2. The van der Waals surface area contributed by atoms with Crippen molar-refractivity contribution in [1.82, 2.24) is 10.2 Å². The Kier molecular flexibility index (Phi) is 9.57. The van der Waals surface area contributed by atoms with Gasteiger partial charge in [0.25, 0.3) is 0 Å². The first kappa shape index (κ1) is 23.8. The Morgan fingerprint density at radius 1 is 1.00 bits per heavy atom. The van der Waals surface area contributed by atoms with E-state index in [0.29, 0.717) is 24.3 Å². The van der Waals surface area contributed by atoms with E-state index in [9.17, 15) is 5.11 Å². The Labute approximate surface area is 186 Å². The quantitative estimate of drug-likeness (QED) is 0.669. The van der Waals surface area contributed by atoms with Crippen molar-refractivity contribution in [2.75, 3.05) is 26.2 Å². The maximum Gasteiger partial charge on any atom is 0.124 e. The van der Waals surface area contributed by atoms with E-state index in [1.54, 1.807) is 6.07 Å². The zero-order valence-corrected chi connectivity index (χ0v) is 18.4. The van der Waals surface area contributed by atoms with Gasteiger partial charge in [-0.05, 0) is 30.4 Å². The largest absolute Gasteiger partial charge is 0.507 e. The molecule has 2 aliphatic rings. The summed E-state index contributed by atoms with van der Waals surface area (Å²) in [6, 6.07) is 16.3. The predicted octanol–water partition coefficient (Wildman–Crippen LogP) is 4.95. The molecule has 2 fully saturated rings. The first-order valence-corrected chi connectivity index (χ1v) is 10.3. The van der Waals surface area contributed by atoms with Crippen molar-refractivity contribution in [1.29, 1.82) is 0 Å². The maximum atomic E-state index is 10.8. The van der Waals surface area contributed by atoms with E-state index in [2.05, 4.69) is 28.4 Å². The number of phenolic OH excluding ortho intramolecular Hbond substituents is 1. The minimum Gasteiger partial charge on any atom is -0.507 e. The Bertz CT molecular complexity index is 733. The summed E-state index contributed by atoms with van der Waals surface area (Å²) in [5.41, 5.74) is 2.20. The highest BCUT2D eigenvalue weighted by atomic mass is 35.5. The SMILES string of the molecule is Cl.Cl.Oc1cc(OCc2ccccc2)ccc1[C@@H](C1CCCC1)N1CCNCC1. The Hall–Kier alpha value is -1.46. The van der Waals surface area contributed by atoms with Crippen LogP contribution < -0.4 is 10.1 Å².